The predicted molar refractivity (Wildman–Crippen MR) is 72.5 cm³/mol. The molecule has 0 saturated carbocycles. The molecule has 92 valence electrons. The van der Waals surface area contributed by atoms with Crippen molar-refractivity contribution in [3.63, 3.8) is 0 Å². The lowest BCUT2D eigenvalue weighted by Gasteiger charge is -2.23. The fraction of sp³-hybridized carbons (Fsp3) is 0.429. The van der Waals surface area contributed by atoms with Crippen molar-refractivity contribution in [3.8, 4) is 0 Å². The first kappa shape index (κ1) is 12.0. The number of hydrogen-bond acceptors (Lipinski definition) is 2. The van der Waals surface area contributed by atoms with Gasteiger partial charge in [0.25, 0.3) is 0 Å². The number of hydrogen-bond donors (Lipinski definition) is 2. The number of methoxy groups -OCH3 is 1. The molecule has 0 amide bonds. The van der Waals surface area contributed by atoms with Crippen LogP contribution in [0.1, 0.15) is 20.3 Å². The molecule has 0 aliphatic carbocycles. The van der Waals surface area contributed by atoms with Crippen LogP contribution in [0.4, 0.5) is 5.69 Å². The fourth-order valence-electron chi connectivity index (χ4n) is 1.77. The van der Waals surface area contributed by atoms with Crippen molar-refractivity contribution >= 4 is 16.6 Å². The van der Waals surface area contributed by atoms with Crippen LogP contribution in [0, 0.1) is 0 Å². The number of aromatic amines is 1. The molecule has 0 aliphatic rings. The Morgan fingerprint density at radius 3 is 2.88 bits per heavy atom. The average Bonchev–Trinajstić information content (AvgIpc) is 2.76. The summed E-state index contributed by atoms with van der Waals surface area (Å²) < 4.78 is 5.39. The minimum atomic E-state index is -0.0643. The van der Waals surface area contributed by atoms with Crippen molar-refractivity contribution in [1.82, 2.24) is 4.98 Å². The van der Waals surface area contributed by atoms with E-state index in [2.05, 4.69) is 48.4 Å². The second-order valence-corrected chi connectivity index (χ2v) is 4.92. The molecule has 0 spiro atoms. The maximum Gasteiger partial charge on any atom is 0.0639 e. The standard InChI is InChI=1S/C14H20N2O/c1-14(2,17-3)7-9-15-12-4-5-13-11(10-12)6-8-16-13/h4-6,8,10,15-16H,7,9H2,1-3H3. The second-order valence-electron chi connectivity index (χ2n) is 4.92. The number of rotatable bonds is 5. The third-order valence-corrected chi connectivity index (χ3v) is 3.16. The van der Waals surface area contributed by atoms with E-state index in [0.29, 0.717) is 0 Å². The lowest BCUT2D eigenvalue weighted by molar-refractivity contribution is 0.0185. The number of nitrogens with one attached hydrogen (secondary N) is 2. The van der Waals surface area contributed by atoms with Crippen LogP contribution in [0.5, 0.6) is 0 Å². The van der Waals surface area contributed by atoms with E-state index in [1.165, 1.54) is 10.9 Å². The summed E-state index contributed by atoms with van der Waals surface area (Å²) in [6, 6.07) is 8.43. The number of benzene rings is 1. The molecule has 3 nitrogen and oxygen atoms in total. The molecule has 2 rings (SSSR count). The summed E-state index contributed by atoms with van der Waals surface area (Å²) >= 11 is 0. The molecule has 3 heteroatoms. The van der Waals surface area contributed by atoms with E-state index in [1.807, 2.05) is 6.20 Å². The number of H-pyrrole nitrogens is 1. The van der Waals surface area contributed by atoms with Crippen molar-refractivity contribution in [1.29, 1.82) is 0 Å². The zero-order chi connectivity index (χ0) is 12.3. The zero-order valence-corrected chi connectivity index (χ0v) is 10.7. The summed E-state index contributed by atoms with van der Waals surface area (Å²) in [5.41, 5.74) is 2.27. The van der Waals surface area contributed by atoms with Crippen molar-refractivity contribution in [2.75, 3.05) is 19.0 Å². The molecule has 1 aromatic heterocycles. The third-order valence-electron chi connectivity index (χ3n) is 3.16. The molecule has 1 aromatic carbocycles. The molecule has 0 fully saturated rings. The van der Waals surface area contributed by atoms with Gasteiger partial charge in [-0.25, -0.2) is 0 Å². The van der Waals surface area contributed by atoms with Gasteiger partial charge in [-0.1, -0.05) is 0 Å². The Hall–Kier alpha value is -1.48. The second kappa shape index (κ2) is 4.80. The molecule has 17 heavy (non-hydrogen) atoms. The molecular formula is C14H20N2O. The highest BCUT2D eigenvalue weighted by molar-refractivity contribution is 5.82. The van der Waals surface area contributed by atoms with E-state index in [-0.39, 0.29) is 5.60 Å². The van der Waals surface area contributed by atoms with Crippen molar-refractivity contribution < 1.29 is 4.74 Å². The third kappa shape index (κ3) is 3.01. The van der Waals surface area contributed by atoms with Crippen LogP contribution in [0.15, 0.2) is 30.5 Å². The van der Waals surface area contributed by atoms with Gasteiger partial charge in [0.1, 0.15) is 0 Å². The van der Waals surface area contributed by atoms with Gasteiger partial charge in [-0.15, -0.1) is 0 Å². The van der Waals surface area contributed by atoms with Gasteiger partial charge >= 0.3 is 0 Å². The summed E-state index contributed by atoms with van der Waals surface area (Å²) in [6.07, 6.45) is 2.94. The smallest absolute Gasteiger partial charge is 0.0639 e. The Balaban J connectivity index is 1.95. The highest BCUT2D eigenvalue weighted by atomic mass is 16.5. The lowest BCUT2D eigenvalue weighted by atomic mass is 10.1. The van der Waals surface area contributed by atoms with Gasteiger partial charge in [0.05, 0.1) is 5.60 Å². The van der Waals surface area contributed by atoms with Crippen LogP contribution in [0.25, 0.3) is 10.9 Å². The van der Waals surface area contributed by atoms with Gasteiger partial charge in [0.15, 0.2) is 0 Å². The van der Waals surface area contributed by atoms with E-state index in [0.717, 1.165) is 18.7 Å². The molecule has 0 aliphatic heterocycles. The molecule has 1 heterocycles. The van der Waals surface area contributed by atoms with Crippen molar-refractivity contribution in [2.45, 2.75) is 25.9 Å². The SMILES string of the molecule is COC(C)(C)CCNc1ccc2[nH]ccc2c1. The quantitative estimate of drug-likeness (QED) is 0.829. The lowest BCUT2D eigenvalue weighted by Crippen LogP contribution is -2.25. The number of fused-ring (bicyclic) bond motifs is 1. The van der Waals surface area contributed by atoms with Gasteiger partial charge in [0.2, 0.25) is 0 Å². The molecule has 0 atom stereocenters. The largest absolute Gasteiger partial charge is 0.385 e. The molecule has 0 saturated heterocycles. The Kier molecular flexibility index (Phi) is 3.38. The first-order chi connectivity index (χ1) is 8.11. The van der Waals surface area contributed by atoms with E-state index >= 15 is 0 Å². The summed E-state index contributed by atoms with van der Waals surface area (Å²) in [7, 11) is 1.76. The van der Waals surface area contributed by atoms with Gasteiger partial charge in [-0.3, -0.25) is 0 Å². The van der Waals surface area contributed by atoms with E-state index in [1.54, 1.807) is 7.11 Å². The molecule has 2 aromatic rings. The number of anilines is 1. The van der Waals surface area contributed by atoms with Crippen molar-refractivity contribution in [3.05, 3.63) is 30.5 Å². The maximum atomic E-state index is 5.39. The monoisotopic (exact) mass is 232 g/mol. The normalized spacial score (nSPS) is 11.9. The molecular weight excluding hydrogens is 212 g/mol. The van der Waals surface area contributed by atoms with Gasteiger partial charge in [-0.2, -0.15) is 0 Å². The van der Waals surface area contributed by atoms with Gasteiger partial charge in [0, 0.05) is 36.4 Å². The zero-order valence-electron chi connectivity index (χ0n) is 10.7. The molecule has 0 bridgehead atoms. The Bertz CT molecular complexity index is 488. The molecule has 0 unspecified atom stereocenters. The highest BCUT2D eigenvalue weighted by Gasteiger charge is 2.15. The summed E-state index contributed by atoms with van der Waals surface area (Å²) in [5, 5.41) is 4.66. The van der Waals surface area contributed by atoms with Crippen LogP contribution in [-0.4, -0.2) is 24.2 Å². The Morgan fingerprint density at radius 2 is 2.12 bits per heavy atom. The minimum Gasteiger partial charge on any atom is -0.385 e. The molecule has 2 N–H and O–H groups in total. The van der Waals surface area contributed by atoms with E-state index < -0.39 is 0 Å². The molecule has 0 radical (unpaired) electrons. The maximum absolute atomic E-state index is 5.39. The Morgan fingerprint density at radius 1 is 1.29 bits per heavy atom. The Labute approximate surface area is 102 Å². The van der Waals surface area contributed by atoms with Crippen LogP contribution < -0.4 is 5.32 Å². The number of aromatic nitrogens is 1. The first-order valence-corrected chi connectivity index (χ1v) is 5.97. The topological polar surface area (TPSA) is 37.0 Å². The van der Waals surface area contributed by atoms with E-state index in [4.69, 9.17) is 4.74 Å². The van der Waals surface area contributed by atoms with E-state index in [9.17, 15) is 0 Å². The highest BCUT2D eigenvalue weighted by Crippen LogP contribution is 2.19. The van der Waals surface area contributed by atoms with Crippen LogP contribution in [-0.2, 0) is 4.74 Å². The average molecular weight is 232 g/mol. The van der Waals surface area contributed by atoms with Crippen molar-refractivity contribution in [2.24, 2.45) is 0 Å². The summed E-state index contributed by atoms with van der Waals surface area (Å²) in [6.45, 7) is 5.12. The minimum absolute atomic E-state index is 0.0643. The van der Waals surface area contributed by atoms with Gasteiger partial charge < -0.3 is 15.0 Å². The van der Waals surface area contributed by atoms with Crippen LogP contribution in [0.3, 0.4) is 0 Å². The predicted octanol–water partition coefficient (Wildman–Crippen LogP) is 3.39. The summed E-state index contributed by atoms with van der Waals surface area (Å²) in [4.78, 5) is 3.19. The first-order valence-electron chi connectivity index (χ1n) is 5.97. The van der Waals surface area contributed by atoms with Crippen LogP contribution >= 0.6 is 0 Å². The fourth-order valence-corrected chi connectivity index (χ4v) is 1.77. The van der Waals surface area contributed by atoms with Crippen LogP contribution in [0.2, 0.25) is 0 Å². The van der Waals surface area contributed by atoms with Gasteiger partial charge in [-0.05, 0) is 44.5 Å². The summed E-state index contributed by atoms with van der Waals surface area (Å²) in [5.74, 6) is 0. The number of ether oxygens (including phenoxy) is 1.